The van der Waals surface area contributed by atoms with E-state index in [0.29, 0.717) is 13.1 Å². The third-order valence-electron chi connectivity index (χ3n) is 3.53. The van der Waals surface area contributed by atoms with Gasteiger partial charge in [0.15, 0.2) is 0 Å². The van der Waals surface area contributed by atoms with Gasteiger partial charge >= 0.3 is 0 Å². The van der Waals surface area contributed by atoms with Crippen molar-refractivity contribution in [3.63, 3.8) is 0 Å². The molecule has 1 N–H and O–H groups in total. The summed E-state index contributed by atoms with van der Waals surface area (Å²) in [5.74, 6) is 0. The molecule has 0 amide bonds. The van der Waals surface area contributed by atoms with Gasteiger partial charge in [0.05, 0.1) is 4.90 Å². The van der Waals surface area contributed by atoms with E-state index >= 15 is 0 Å². The minimum absolute atomic E-state index is 0.0772. The fourth-order valence-electron chi connectivity index (χ4n) is 2.26. The average molecular weight is 296 g/mol. The summed E-state index contributed by atoms with van der Waals surface area (Å²) in [6, 6.07) is 2.57. The summed E-state index contributed by atoms with van der Waals surface area (Å²) in [5, 5.41) is 0. The lowest BCUT2D eigenvalue weighted by atomic mass is 9.83. The monoisotopic (exact) mass is 296 g/mol. The molecule has 0 saturated carbocycles. The van der Waals surface area contributed by atoms with Crippen LogP contribution in [0.3, 0.4) is 0 Å². The van der Waals surface area contributed by atoms with E-state index in [9.17, 15) is 13.2 Å². The van der Waals surface area contributed by atoms with Gasteiger partial charge in [-0.15, -0.1) is 0 Å². The molecule has 0 fully saturated rings. The van der Waals surface area contributed by atoms with Crippen molar-refractivity contribution < 1.29 is 8.42 Å². The van der Waals surface area contributed by atoms with Crippen LogP contribution < -0.4 is 5.56 Å². The third-order valence-corrected chi connectivity index (χ3v) is 5.39. The first-order valence-corrected chi connectivity index (χ1v) is 8.04. The normalized spacial score (nSPS) is 17.9. The van der Waals surface area contributed by atoms with Crippen LogP contribution in [0.4, 0.5) is 0 Å². The molecule has 0 spiro atoms. The summed E-state index contributed by atoms with van der Waals surface area (Å²) in [4.78, 5) is 13.5. The summed E-state index contributed by atoms with van der Waals surface area (Å²) in [6.07, 6.45) is 3.99. The van der Waals surface area contributed by atoms with Crippen molar-refractivity contribution in [2.75, 3.05) is 13.1 Å². The van der Waals surface area contributed by atoms with Crippen molar-refractivity contribution in [3.8, 4) is 0 Å². The number of aromatic nitrogens is 1. The third kappa shape index (κ3) is 3.02. The molecule has 1 aliphatic heterocycles. The second-order valence-electron chi connectivity index (χ2n) is 5.98. The van der Waals surface area contributed by atoms with Crippen LogP contribution in [0.15, 0.2) is 39.7 Å². The van der Waals surface area contributed by atoms with Gasteiger partial charge in [0.1, 0.15) is 0 Å². The van der Waals surface area contributed by atoms with Gasteiger partial charge in [0.2, 0.25) is 15.6 Å². The van der Waals surface area contributed by atoms with Crippen LogP contribution in [-0.4, -0.2) is 30.8 Å². The SMILES string of the molecule is CC(C)(C)C1=CCN(S(=O)(=O)c2ccc(=O)[nH]c2)CC1. The first-order valence-electron chi connectivity index (χ1n) is 6.60. The Labute approximate surface area is 119 Å². The number of pyridine rings is 1. The molecule has 1 aromatic heterocycles. The first kappa shape index (κ1) is 15.0. The van der Waals surface area contributed by atoms with Crippen LogP contribution in [0, 0.1) is 5.41 Å². The van der Waals surface area contributed by atoms with E-state index in [1.807, 2.05) is 6.08 Å². The van der Waals surface area contributed by atoms with Crippen LogP contribution >= 0.6 is 0 Å². The van der Waals surface area contributed by atoms with Gasteiger partial charge in [-0.2, -0.15) is 4.31 Å². The second-order valence-corrected chi connectivity index (χ2v) is 7.92. The van der Waals surface area contributed by atoms with Gasteiger partial charge in [-0.05, 0) is 17.9 Å². The Bertz CT molecular complexity index is 661. The number of sulfonamides is 1. The molecule has 2 heterocycles. The minimum atomic E-state index is -3.53. The van der Waals surface area contributed by atoms with Gasteiger partial charge in [0, 0.05) is 25.4 Å². The molecular weight excluding hydrogens is 276 g/mol. The smallest absolute Gasteiger partial charge is 0.247 e. The number of H-pyrrole nitrogens is 1. The van der Waals surface area contributed by atoms with Crippen LogP contribution in [0.1, 0.15) is 27.2 Å². The van der Waals surface area contributed by atoms with E-state index < -0.39 is 10.0 Å². The maximum absolute atomic E-state index is 12.4. The summed E-state index contributed by atoms with van der Waals surface area (Å²) < 4.78 is 26.3. The Kier molecular flexibility index (Phi) is 3.88. The fourth-order valence-corrected chi connectivity index (χ4v) is 3.60. The molecule has 0 saturated heterocycles. The number of nitrogens with zero attached hydrogens (tertiary/aromatic N) is 1. The molecular formula is C14H20N2O3S. The Morgan fingerprint density at radius 1 is 1.25 bits per heavy atom. The second kappa shape index (κ2) is 5.18. The van der Waals surface area contributed by atoms with Crippen LogP contribution in [0.25, 0.3) is 0 Å². The lowest BCUT2D eigenvalue weighted by molar-refractivity contribution is 0.389. The molecule has 0 atom stereocenters. The van der Waals surface area contributed by atoms with Gasteiger partial charge in [-0.25, -0.2) is 8.42 Å². The lowest BCUT2D eigenvalue weighted by Crippen LogP contribution is -2.36. The predicted octanol–water partition coefficient (Wildman–Crippen LogP) is 1.74. The number of hydrogen-bond donors (Lipinski definition) is 1. The maximum atomic E-state index is 12.4. The molecule has 0 radical (unpaired) electrons. The molecule has 0 bridgehead atoms. The van der Waals surface area contributed by atoms with E-state index in [0.717, 1.165) is 6.42 Å². The molecule has 6 heteroatoms. The topological polar surface area (TPSA) is 70.2 Å². The Morgan fingerprint density at radius 3 is 2.40 bits per heavy atom. The highest BCUT2D eigenvalue weighted by atomic mass is 32.2. The summed E-state index contributed by atoms with van der Waals surface area (Å²) in [7, 11) is -3.53. The van der Waals surface area contributed by atoms with E-state index in [2.05, 4.69) is 25.8 Å². The molecule has 0 unspecified atom stereocenters. The molecule has 1 aliphatic rings. The van der Waals surface area contributed by atoms with Crippen LogP contribution in [0.2, 0.25) is 0 Å². The number of nitrogens with one attached hydrogen (secondary N) is 1. The zero-order chi connectivity index (χ0) is 15.0. The van der Waals surface area contributed by atoms with Crippen LogP contribution in [-0.2, 0) is 10.0 Å². The summed E-state index contributed by atoms with van der Waals surface area (Å²) in [6.45, 7) is 7.25. The number of aromatic amines is 1. The zero-order valence-electron chi connectivity index (χ0n) is 12.0. The quantitative estimate of drug-likeness (QED) is 0.845. The Balaban J connectivity index is 2.23. The van der Waals surface area contributed by atoms with Gasteiger partial charge in [0.25, 0.3) is 0 Å². The van der Waals surface area contributed by atoms with E-state index in [4.69, 9.17) is 0 Å². The standard InChI is InChI=1S/C14H20N2O3S/c1-14(2,3)11-6-8-16(9-7-11)20(18,19)12-4-5-13(17)15-10-12/h4-6,10H,7-9H2,1-3H3,(H,15,17). The van der Waals surface area contributed by atoms with Crippen molar-refractivity contribution in [2.45, 2.75) is 32.1 Å². The Hall–Kier alpha value is -1.40. The van der Waals surface area contributed by atoms with Gasteiger partial charge in [-0.3, -0.25) is 4.79 Å². The summed E-state index contributed by atoms with van der Waals surface area (Å²) in [5.41, 5.74) is 1.05. The first-order chi connectivity index (χ1) is 9.21. The van der Waals surface area contributed by atoms with Crippen molar-refractivity contribution in [1.82, 2.24) is 9.29 Å². The average Bonchev–Trinajstić information content (AvgIpc) is 2.38. The highest BCUT2D eigenvalue weighted by Crippen LogP contribution is 2.31. The predicted molar refractivity (Wildman–Crippen MR) is 78.0 cm³/mol. The fraction of sp³-hybridized carbons (Fsp3) is 0.500. The highest BCUT2D eigenvalue weighted by Gasteiger charge is 2.28. The zero-order valence-corrected chi connectivity index (χ0v) is 12.8. The molecule has 2 rings (SSSR count). The number of hydrogen-bond acceptors (Lipinski definition) is 3. The van der Waals surface area contributed by atoms with Crippen molar-refractivity contribution in [1.29, 1.82) is 0 Å². The van der Waals surface area contributed by atoms with E-state index in [1.54, 1.807) is 0 Å². The Morgan fingerprint density at radius 2 is 1.95 bits per heavy atom. The van der Waals surface area contributed by atoms with Gasteiger partial charge < -0.3 is 4.98 Å². The van der Waals surface area contributed by atoms with Gasteiger partial charge in [-0.1, -0.05) is 32.4 Å². The highest BCUT2D eigenvalue weighted by molar-refractivity contribution is 7.89. The minimum Gasteiger partial charge on any atom is -0.328 e. The molecule has 0 aliphatic carbocycles. The van der Waals surface area contributed by atoms with Crippen molar-refractivity contribution in [3.05, 3.63) is 40.3 Å². The van der Waals surface area contributed by atoms with Crippen molar-refractivity contribution >= 4 is 10.0 Å². The van der Waals surface area contributed by atoms with Crippen LogP contribution in [0.5, 0.6) is 0 Å². The number of rotatable bonds is 2. The van der Waals surface area contributed by atoms with Crippen molar-refractivity contribution in [2.24, 2.45) is 5.41 Å². The van der Waals surface area contributed by atoms with E-state index in [-0.39, 0.29) is 15.9 Å². The molecule has 0 aromatic carbocycles. The molecule has 5 nitrogen and oxygen atoms in total. The van der Waals surface area contributed by atoms with E-state index in [1.165, 1.54) is 28.2 Å². The largest absolute Gasteiger partial charge is 0.328 e. The summed E-state index contributed by atoms with van der Waals surface area (Å²) >= 11 is 0. The molecule has 20 heavy (non-hydrogen) atoms. The molecule has 110 valence electrons. The molecule has 1 aromatic rings. The lowest BCUT2D eigenvalue weighted by Gasteiger charge is -2.31. The maximum Gasteiger partial charge on any atom is 0.247 e.